The number of nitrogens with one attached hydrogen (secondary N) is 1. The second-order valence-corrected chi connectivity index (χ2v) is 8.56. The molecular weight excluding hydrogens is 298 g/mol. The highest BCUT2D eigenvalue weighted by Gasteiger charge is 2.36. The van der Waals surface area contributed by atoms with E-state index in [1.54, 1.807) is 0 Å². The van der Waals surface area contributed by atoms with Gasteiger partial charge in [-0.3, -0.25) is 0 Å². The van der Waals surface area contributed by atoms with Gasteiger partial charge in [0.15, 0.2) is 0 Å². The summed E-state index contributed by atoms with van der Waals surface area (Å²) in [5.74, 6) is 2.16. The van der Waals surface area contributed by atoms with Crippen molar-refractivity contribution < 1.29 is 12.8 Å². The molecule has 1 unspecified atom stereocenters. The zero-order chi connectivity index (χ0) is 15.0. The average molecular weight is 320 g/mol. The standard InChI is InChI=1S/C14H22ClNO3S/c1-10-7-11-12(16-20(17,18)6-4-5-15)8-14(2,3)9-13(11)19-10/h7,12,16H,4-6,8-9H2,1-3H3. The lowest BCUT2D eigenvalue weighted by Crippen LogP contribution is -2.37. The maximum Gasteiger partial charge on any atom is 0.212 e. The second kappa shape index (κ2) is 5.70. The highest BCUT2D eigenvalue weighted by atomic mass is 35.5. The number of sulfonamides is 1. The van der Waals surface area contributed by atoms with Crippen molar-refractivity contribution in [2.24, 2.45) is 5.41 Å². The van der Waals surface area contributed by atoms with E-state index in [-0.39, 0.29) is 17.2 Å². The highest BCUT2D eigenvalue weighted by Crippen LogP contribution is 2.42. The molecule has 1 heterocycles. The Kier molecular flexibility index (Phi) is 4.52. The average Bonchev–Trinajstić information content (AvgIpc) is 2.65. The Bertz CT molecular complexity index is 577. The molecule has 1 atom stereocenters. The molecular formula is C14H22ClNO3S. The topological polar surface area (TPSA) is 59.3 Å². The van der Waals surface area contributed by atoms with Gasteiger partial charge in [0.2, 0.25) is 10.0 Å². The number of alkyl halides is 1. The Hall–Kier alpha value is -0.520. The van der Waals surface area contributed by atoms with Gasteiger partial charge < -0.3 is 4.42 Å². The molecule has 0 amide bonds. The van der Waals surface area contributed by atoms with Crippen LogP contribution in [0.3, 0.4) is 0 Å². The lowest BCUT2D eigenvalue weighted by Gasteiger charge is -2.34. The van der Waals surface area contributed by atoms with Crippen LogP contribution in [0, 0.1) is 12.3 Å². The second-order valence-electron chi connectivity index (χ2n) is 6.31. The first kappa shape index (κ1) is 15.9. The third kappa shape index (κ3) is 3.77. The molecule has 0 radical (unpaired) electrons. The zero-order valence-electron chi connectivity index (χ0n) is 12.2. The molecule has 0 spiro atoms. The van der Waals surface area contributed by atoms with E-state index >= 15 is 0 Å². The smallest absolute Gasteiger partial charge is 0.212 e. The first-order valence-electron chi connectivity index (χ1n) is 6.88. The van der Waals surface area contributed by atoms with Crippen molar-refractivity contribution >= 4 is 21.6 Å². The van der Waals surface area contributed by atoms with Gasteiger partial charge in [-0.05, 0) is 31.2 Å². The summed E-state index contributed by atoms with van der Waals surface area (Å²) in [5, 5.41) is 0. The lowest BCUT2D eigenvalue weighted by atomic mass is 9.75. The first-order valence-corrected chi connectivity index (χ1v) is 9.06. The maximum absolute atomic E-state index is 12.1. The summed E-state index contributed by atoms with van der Waals surface area (Å²) in [4.78, 5) is 0. The van der Waals surface area contributed by atoms with Gasteiger partial charge in [-0.2, -0.15) is 0 Å². The summed E-state index contributed by atoms with van der Waals surface area (Å²) >= 11 is 5.57. The van der Waals surface area contributed by atoms with Crippen LogP contribution in [-0.4, -0.2) is 20.1 Å². The molecule has 6 heteroatoms. The van der Waals surface area contributed by atoms with Crippen LogP contribution in [0.5, 0.6) is 0 Å². The third-order valence-corrected chi connectivity index (χ3v) is 5.34. The lowest BCUT2D eigenvalue weighted by molar-refractivity contribution is 0.247. The van der Waals surface area contributed by atoms with Crippen LogP contribution < -0.4 is 4.72 Å². The fourth-order valence-electron chi connectivity index (χ4n) is 2.81. The monoisotopic (exact) mass is 319 g/mol. The van der Waals surface area contributed by atoms with Crippen LogP contribution in [0.4, 0.5) is 0 Å². The van der Waals surface area contributed by atoms with Crippen molar-refractivity contribution in [2.75, 3.05) is 11.6 Å². The molecule has 1 N–H and O–H groups in total. The molecule has 0 aromatic carbocycles. The predicted molar refractivity (Wildman–Crippen MR) is 80.5 cm³/mol. The summed E-state index contributed by atoms with van der Waals surface area (Å²) < 4.78 is 32.7. The summed E-state index contributed by atoms with van der Waals surface area (Å²) in [6.45, 7) is 6.16. The molecule has 1 aliphatic rings. The van der Waals surface area contributed by atoms with Gasteiger partial charge >= 0.3 is 0 Å². The Balaban J connectivity index is 2.23. The molecule has 0 aliphatic heterocycles. The van der Waals surface area contributed by atoms with Crippen LogP contribution in [0.15, 0.2) is 10.5 Å². The summed E-state index contributed by atoms with van der Waals surface area (Å²) in [6, 6.07) is 1.74. The molecule has 1 aromatic rings. The number of hydrogen-bond acceptors (Lipinski definition) is 3. The minimum atomic E-state index is -3.30. The van der Waals surface area contributed by atoms with Crippen molar-refractivity contribution in [1.29, 1.82) is 0 Å². The molecule has 114 valence electrons. The Morgan fingerprint density at radius 1 is 1.50 bits per heavy atom. The quantitative estimate of drug-likeness (QED) is 0.848. The van der Waals surface area contributed by atoms with Crippen LogP contribution in [-0.2, 0) is 16.4 Å². The molecule has 1 aromatic heterocycles. The van der Waals surface area contributed by atoms with Gasteiger partial charge in [-0.25, -0.2) is 13.1 Å². The summed E-state index contributed by atoms with van der Waals surface area (Å²) in [6.07, 6.45) is 2.08. The van der Waals surface area contributed by atoms with Crippen molar-refractivity contribution in [2.45, 2.75) is 46.1 Å². The van der Waals surface area contributed by atoms with E-state index in [0.29, 0.717) is 12.3 Å². The predicted octanol–water partition coefficient (Wildman–Crippen LogP) is 3.15. The number of hydrogen-bond donors (Lipinski definition) is 1. The highest BCUT2D eigenvalue weighted by molar-refractivity contribution is 7.89. The number of aryl methyl sites for hydroxylation is 1. The van der Waals surface area contributed by atoms with Gasteiger partial charge in [0, 0.05) is 17.9 Å². The third-order valence-electron chi connectivity index (χ3n) is 3.60. The van der Waals surface area contributed by atoms with E-state index in [0.717, 1.165) is 29.9 Å². The van der Waals surface area contributed by atoms with Crippen molar-refractivity contribution in [3.8, 4) is 0 Å². The maximum atomic E-state index is 12.1. The Labute approximate surface area is 125 Å². The van der Waals surface area contributed by atoms with Crippen LogP contribution >= 0.6 is 11.6 Å². The van der Waals surface area contributed by atoms with E-state index in [1.165, 1.54) is 0 Å². The molecule has 0 fully saturated rings. The zero-order valence-corrected chi connectivity index (χ0v) is 13.8. The summed E-state index contributed by atoms with van der Waals surface area (Å²) in [7, 11) is -3.30. The van der Waals surface area contributed by atoms with Crippen molar-refractivity contribution in [3.05, 3.63) is 23.2 Å². The van der Waals surface area contributed by atoms with E-state index < -0.39 is 10.0 Å². The van der Waals surface area contributed by atoms with Crippen LogP contribution in [0.1, 0.15) is 49.8 Å². The normalized spacial score (nSPS) is 21.7. The van der Waals surface area contributed by atoms with Crippen molar-refractivity contribution in [3.63, 3.8) is 0 Å². The number of furan rings is 1. The molecule has 0 bridgehead atoms. The fraction of sp³-hybridized carbons (Fsp3) is 0.714. The van der Waals surface area contributed by atoms with Gasteiger partial charge in [-0.15, -0.1) is 11.6 Å². The van der Waals surface area contributed by atoms with Gasteiger partial charge in [-0.1, -0.05) is 13.8 Å². The molecule has 1 aliphatic carbocycles. The number of rotatable bonds is 5. The first-order chi connectivity index (χ1) is 9.22. The molecule has 0 saturated carbocycles. The number of fused-ring (bicyclic) bond motifs is 1. The summed E-state index contributed by atoms with van der Waals surface area (Å²) in [5.41, 5.74) is 1.01. The van der Waals surface area contributed by atoms with Crippen LogP contribution in [0.2, 0.25) is 0 Å². The fourth-order valence-corrected chi connectivity index (χ4v) is 4.39. The van der Waals surface area contributed by atoms with E-state index in [4.69, 9.17) is 16.0 Å². The minimum absolute atomic E-state index is 0.0248. The Morgan fingerprint density at radius 3 is 2.85 bits per heavy atom. The molecule has 4 nitrogen and oxygen atoms in total. The minimum Gasteiger partial charge on any atom is -0.466 e. The van der Waals surface area contributed by atoms with Crippen LogP contribution in [0.25, 0.3) is 0 Å². The number of halogens is 1. The molecule has 20 heavy (non-hydrogen) atoms. The van der Waals surface area contributed by atoms with Crippen molar-refractivity contribution in [1.82, 2.24) is 4.72 Å². The van der Waals surface area contributed by atoms with E-state index in [9.17, 15) is 8.42 Å². The molecule has 0 saturated heterocycles. The SMILES string of the molecule is Cc1cc2c(o1)CC(C)(C)CC2NS(=O)(=O)CCCCl. The van der Waals surface area contributed by atoms with Gasteiger partial charge in [0.25, 0.3) is 0 Å². The Morgan fingerprint density at radius 2 is 2.20 bits per heavy atom. The van der Waals surface area contributed by atoms with Gasteiger partial charge in [0.05, 0.1) is 11.8 Å². The molecule has 2 rings (SSSR count). The van der Waals surface area contributed by atoms with Gasteiger partial charge in [0.1, 0.15) is 11.5 Å². The van der Waals surface area contributed by atoms with E-state index in [2.05, 4.69) is 18.6 Å². The largest absolute Gasteiger partial charge is 0.466 e. The van der Waals surface area contributed by atoms with E-state index in [1.807, 2.05) is 13.0 Å².